The van der Waals surface area contributed by atoms with E-state index in [1.54, 1.807) is 10.4 Å². The van der Waals surface area contributed by atoms with Crippen molar-refractivity contribution >= 4 is 27.4 Å². The predicted octanol–water partition coefficient (Wildman–Crippen LogP) is 4.31. The first-order valence-electron chi connectivity index (χ1n) is 9.42. The molecule has 0 aromatic carbocycles. The van der Waals surface area contributed by atoms with Crippen LogP contribution >= 0.6 is 11.3 Å². The lowest BCUT2D eigenvalue weighted by Crippen LogP contribution is -2.37. The van der Waals surface area contributed by atoms with E-state index in [0.717, 1.165) is 38.5 Å². The lowest BCUT2D eigenvalue weighted by Gasteiger charge is -2.29. The fourth-order valence-electron chi connectivity index (χ4n) is 3.74. The van der Waals surface area contributed by atoms with E-state index in [1.807, 2.05) is 11.3 Å². The zero-order valence-electron chi connectivity index (χ0n) is 14.8. The second-order valence-corrected chi connectivity index (χ2v) is 8.14. The van der Waals surface area contributed by atoms with Crippen molar-refractivity contribution in [1.82, 2.24) is 9.97 Å². The van der Waals surface area contributed by atoms with E-state index < -0.39 is 0 Å². The minimum Gasteiger partial charge on any atom is -0.378 e. The molecule has 1 aliphatic carbocycles. The maximum Gasteiger partial charge on any atom is 0.141 e. The monoisotopic (exact) mass is 345 g/mol. The van der Waals surface area contributed by atoms with Crippen LogP contribution in [0.15, 0.2) is 0 Å². The maximum atomic E-state index is 5.56. The summed E-state index contributed by atoms with van der Waals surface area (Å²) >= 11 is 1.92. The highest BCUT2D eigenvalue weighted by atomic mass is 32.1. The molecule has 130 valence electrons. The molecular weight excluding hydrogens is 318 g/mol. The van der Waals surface area contributed by atoms with Crippen LogP contribution in [0.25, 0.3) is 10.2 Å². The number of hydrogen-bond donors (Lipinski definition) is 0. The summed E-state index contributed by atoms with van der Waals surface area (Å²) in [5.74, 6) is 2.61. The molecule has 0 N–H and O–H groups in total. The van der Waals surface area contributed by atoms with E-state index >= 15 is 0 Å². The third-order valence-electron chi connectivity index (χ3n) is 5.43. The van der Waals surface area contributed by atoms with Crippen LogP contribution in [0.5, 0.6) is 0 Å². The van der Waals surface area contributed by atoms with Crippen LogP contribution in [0.2, 0.25) is 0 Å². The van der Waals surface area contributed by atoms with Gasteiger partial charge in [-0.15, -0.1) is 11.3 Å². The van der Waals surface area contributed by atoms with Gasteiger partial charge in [-0.25, -0.2) is 9.97 Å². The van der Waals surface area contributed by atoms with Crippen molar-refractivity contribution in [2.45, 2.75) is 58.3 Å². The summed E-state index contributed by atoms with van der Waals surface area (Å²) in [4.78, 5) is 15.3. The van der Waals surface area contributed by atoms with Gasteiger partial charge in [-0.05, 0) is 37.7 Å². The van der Waals surface area contributed by atoms with Gasteiger partial charge in [0.25, 0.3) is 0 Å². The van der Waals surface area contributed by atoms with E-state index in [9.17, 15) is 0 Å². The van der Waals surface area contributed by atoms with Gasteiger partial charge in [-0.2, -0.15) is 0 Å². The van der Waals surface area contributed by atoms with Crippen molar-refractivity contribution in [3.63, 3.8) is 0 Å². The SMILES string of the molecule is CCC(C)c1nc(N2CCOCC2)c2c3c(sc2n1)CCCCC3. The zero-order chi connectivity index (χ0) is 16.5. The molecular formula is C19H27N3OS. The van der Waals surface area contributed by atoms with Crippen molar-refractivity contribution < 1.29 is 4.74 Å². The number of morpholine rings is 1. The van der Waals surface area contributed by atoms with Crippen molar-refractivity contribution in [2.75, 3.05) is 31.2 Å². The predicted molar refractivity (Wildman–Crippen MR) is 100 cm³/mol. The van der Waals surface area contributed by atoms with Gasteiger partial charge >= 0.3 is 0 Å². The van der Waals surface area contributed by atoms with Gasteiger partial charge in [0.15, 0.2) is 0 Å². The van der Waals surface area contributed by atoms with Crippen LogP contribution in [-0.4, -0.2) is 36.3 Å². The van der Waals surface area contributed by atoms with Crippen LogP contribution < -0.4 is 4.90 Å². The van der Waals surface area contributed by atoms with Crippen LogP contribution in [0.3, 0.4) is 0 Å². The molecule has 2 aromatic heterocycles. The van der Waals surface area contributed by atoms with Gasteiger partial charge < -0.3 is 9.64 Å². The van der Waals surface area contributed by atoms with E-state index in [-0.39, 0.29) is 0 Å². The van der Waals surface area contributed by atoms with Crippen LogP contribution in [0.4, 0.5) is 5.82 Å². The first-order valence-corrected chi connectivity index (χ1v) is 10.2. The topological polar surface area (TPSA) is 38.2 Å². The first-order chi connectivity index (χ1) is 11.8. The molecule has 4 nitrogen and oxygen atoms in total. The number of fused-ring (bicyclic) bond motifs is 3. The number of ether oxygens (including phenoxy) is 1. The Balaban J connectivity index is 1.89. The number of rotatable bonds is 3. The maximum absolute atomic E-state index is 5.56. The quantitative estimate of drug-likeness (QED) is 0.777. The smallest absolute Gasteiger partial charge is 0.141 e. The van der Waals surface area contributed by atoms with Crippen LogP contribution in [-0.2, 0) is 17.6 Å². The molecule has 5 heteroatoms. The van der Waals surface area contributed by atoms with E-state index in [2.05, 4.69) is 18.7 Å². The standard InChI is InChI=1S/C19H27N3OS/c1-3-13(2)17-20-18(22-9-11-23-12-10-22)16-14-7-5-4-6-8-15(14)24-19(16)21-17/h13H,3-12H2,1-2H3. The lowest BCUT2D eigenvalue weighted by atomic mass is 10.1. The minimum atomic E-state index is 0.413. The molecule has 1 atom stereocenters. The minimum absolute atomic E-state index is 0.413. The molecule has 1 unspecified atom stereocenters. The molecule has 0 spiro atoms. The summed E-state index contributed by atoms with van der Waals surface area (Å²) in [7, 11) is 0. The molecule has 3 heterocycles. The van der Waals surface area contributed by atoms with Gasteiger partial charge in [0.2, 0.25) is 0 Å². The van der Waals surface area contributed by atoms with E-state index in [1.165, 1.54) is 48.1 Å². The summed E-state index contributed by atoms with van der Waals surface area (Å²) in [6.45, 7) is 7.94. The Hall–Kier alpha value is -1.20. The number of thiophene rings is 1. The second-order valence-electron chi connectivity index (χ2n) is 7.06. The zero-order valence-corrected chi connectivity index (χ0v) is 15.6. The van der Waals surface area contributed by atoms with E-state index in [4.69, 9.17) is 14.7 Å². The molecule has 0 amide bonds. The molecule has 0 radical (unpaired) electrons. The van der Waals surface area contributed by atoms with Crippen molar-refractivity contribution in [3.8, 4) is 0 Å². The summed E-state index contributed by atoms with van der Waals surface area (Å²) in [6, 6.07) is 0. The van der Waals surface area contributed by atoms with Gasteiger partial charge in [0.1, 0.15) is 16.5 Å². The third-order valence-corrected chi connectivity index (χ3v) is 6.61. The Kier molecular flexibility index (Phi) is 4.72. The summed E-state index contributed by atoms with van der Waals surface area (Å²) in [6.07, 6.45) is 7.46. The molecule has 1 fully saturated rings. The van der Waals surface area contributed by atoms with Crippen molar-refractivity contribution in [1.29, 1.82) is 0 Å². The summed E-state index contributed by atoms with van der Waals surface area (Å²) in [5, 5.41) is 1.35. The van der Waals surface area contributed by atoms with Gasteiger partial charge in [-0.1, -0.05) is 20.3 Å². The second kappa shape index (κ2) is 6.96. The van der Waals surface area contributed by atoms with Crippen LogP contribution in [0, 0.1) is 0 Å². The largest absolute Gasteiger partial charge is 0.378 e. The fraction of sp³-hybridized carbons (Fsp3) is 0.684. The van der Waals surface area contributed by atoms with Crippen molar-refractivity contribution in [3.05, 3.63) is 16.3 Å². The first kappa shape index (κ1) is 16.3. The molecule has 4 rings (SSSR count). The Morgan fingerprint density at radius 3 is 2.71 bits per heavy atom. The van der Waals surface area contributed by atoms with Gasteiger partial charge in [0, 0.05) is 23.9 Å². The molecule has 1 saturated heterocycles. The Bertz CT molecular complexity index is 721. The molecule has 2 aliphatic rings. The number of aryl methyl sites for hydroxylation is 2. The van der Waals surface area contributed by atoms with Gasteiger partial charge in [0.05, 0.1) is 18.6 Å². The highest BCUT2D eigenvalue weighted by Gasteiger charge is 2.25. The summed E-state index contributed by atoms with van der Waals surface area (Å²) < 4.78 is 5.56. The fourth-order valence-corrected chi connectivity index (χ4v) is 5.00. The number of aromatic nitrogens is 2. The third kappa shape index (κ3) is 2.93. The number of nitrogens with zero attached hydrogens (tertiary/aromatic N) is 3. The molecule has 2 aromatic rings. The lowest BCUT2D eigenvalue weighted by molar-refractivity contribution is 0.122. The Morgan fingerprint density at radius 1 is 1.12 bits per heavy atom. The Labute approximate surface area is 148 Å². The molecule has 1 aliphatic heterocycles. The van der Waals surface area contributed by atoms with E-state index in [0.29, 0.717) is 5.92 Å². The average molecular weight is 346 g/mol. The molecule has 24 heavy (non-hydrogen) atoms. The Morgan fingerprint density at radius 2 is 1.92 bits per heavy atom. The molecule has 0 saturated carbocycles. The highest BCUT2D eigenvalue weighted by Crippen LogP contribution is 2.40. The van der Waals surface area contributed by atoms with Crippen LogP contribution in [0.1, 0.15) is 61.7 Å². The summed E-state index contributed by atoms with van der Waals surface area (Å²) in [5.41, 5.74) is 1.55. The van der Waals surface area contributed by atoms with Gasteiger partial charge in [-0.3, -0.25) is 0 Å². The molecule has 0 bridgehead atoms. The highest BCUT2D eigenvalue weighted by molar-refractivity contribution is 7.19. The number of anilines is 1. The average Bonchev–Trinajstić information content (AvgIpc) is 2.82. The number of hydrogen-bond acceptors (Lipinski definition) is 5. The van der Waals surface area contributed by atoms with Crippen molar-refractivity contribution in [2.24, 2.45) is 0 Å². The normalized spacial score (nSPS) is 20.0.